The molecule has 1 amide bonds. The van der Waals surface area contributed by atoms with Crippen LogP contribution in [0.15, 0.2) is 41.3 Å². The van der Waals surface area contributed by atoms with Crippen LogP contribution in [0.25, 0.3) is 0 Å². The summed E-state index contributed by atoms with van der Waals surface area (Å²) >= 11 is 0. The largest absolute Gasteiger partial charge is 0.370 e. The molecule has 0 aromatic heterocycles. The summed E-state index contributed by atoms with van der Waals surface area (Å²) in [6, 6.07) is 6.83. The van der Waals surface area contributed by atoms with Crippen LogP contribution < -0.4 is 10.2 Å². The molecule has 0 unspecified atom stereocenters. The summed E-state index contributed by atoms with van der Waals surface area (Å²) in [5, 5.41) is 2.84. The number of rotatable bonds is 5. The van der Waals surface area contributed by atoms with Crippen LogP contribution in [0.5, 0.6) is 0 Å². The zero-order chi connectivity index (χ0) is 23.6. The molecule has 0 spiro atoms. The van der Waals surface area contributed by atoms with Gasteiger partial charge in [-0.3, -0.25) is 4.79 Å². The smallest absolute Gasteiger partial charge is 0.243 e. The Morgan fingerprint density at radius 1 is 0.879 bits per heavy atom. The van der Waals surface area contributed by atoms with Crippen LogP contribution >= 0.6 is 0 Å². The van der Waals surface area contributed by atoms with Gasteiger partial charge < -0.3 is 10.2 Å². The van der Waals surface area contributed by atoms with Crippen molar-refractivity contribution >= 4 is 27.3 Å². The van der Waals surface area contributed by atoms with Crippen LogP contribution in [-0.2, 0) is 14.8 Å². The number of nitrogens with one attached hydrogen (secondary N) is 1. The Bertz CT molecular complexity index is 1130. The molecule has 2 aromatic carbocycles. The fourth-order valence-electron chi connectivity index (χ4n) is 4.40. The predicted octanol–water partition coefficient (Wildman–Crippen LogP) is 4.13. The highest BCUT2D eigenvalue weighted by atomic mass is 32.2. The molecule has 0 bridgehead atoms. The number of hydrogen-bond acceptors (Lipinski definition) is 4. The van der Waals surface area contributed by atoms with Gasteiger partial charge in [-0.25, -0.2) is 21.6 Å². The first kappa shape index (κ1) is 23.6. The van der Waals surface area contributed by atoms with Gasteiger partial charge in [0.15, 0.2) is 11.6 Å². The molecular formula is C23H26F3N3O3S. The summed E-state index contributed by atoms with van der Waals surface area (Å²) in [6.07, 6.45) is 3.75. The van der Waals surface area contributed by atoms with Crippen molar-refractivity contribution < 1.29 is 26.4 Å². The Kier molecular flexibility index (Phi) is 6.94. The Morgan fingerprint density at radius 3 is 2.24 bits per heavy atom. The molecule has 6 nitrogen and oxygen atoms in total. The molecule has 0 atom stereocenters. The Hall–Kier alpha value is -2.59. The standard InChI is InChI=1S/C23H26F3N3O3S/c24-17-4-7-22(28-10-2-1-3-11-28)21(14-17)27-23(30)16-8-12-29(13-9-16)33(31,32)18-5-6-19(25)20(26)15-18/h4-7,14-16H,1-3,8-13H2,(H,27,30). The van der Waals surface area contributed by atoms with Crippen molar-refractivity contribution in [2.45, 2.75) is 37.0 Å². The van der Waals surface area contributed by atoms with Crippen LogP contribution in [0.4, 0.5) is 24.5 Å². The summed E-state index contributed by atoms with van der Waals surface area (Å²) < 4.78 is 67.3. The van der Waals surface area contributed by atoms with Gasteiger partial charge >= 0.3 is 0 Å². The maximum atomic E-state index is 13.9. The number of sulfonamides is 1. The van der Waals surface area contributed by atoms with E-state index < -0.39 is 33.4 Å². The molecule has 1 N–H and O–H groups in total. The van der Waals surface area contributed by atoms with E-state index in [-0.39, 0.29) is 36.7 Å². The van der Waals surface area contributed by atoms with E-state index in [9.17, 15) is 26.4 Å². The average molecular weight is 482 g/mol. The SMILES string of the molecule is O=C(Nc1cc(F)ccc1N1CCCCC1)C1CCN(S(=O)(=O)c2ccc(F)c(F)c2)CC1. The quantitative estimate of drug-likeness (QED) is 0.697. The van der Waals surface area contributed by atoms with Gasteiger partial charge in [0, 0.05) is 32.1 Å². The van der Waals surface area contributed by atoms with Gasteiger partial charge in [0.25, 0.3) is 0 Å². The van der Waals surface area contributed by atoms with Gasteiger partial charge in [-0.2, -0.15) is 4.31 Å². The van der Waals surface area contributed by atoms with E-state index >= 15 is 0 Å². The number of nitrogens with zero attached hydrogens (tertiary/aromatic N) is 2. The molecule has 2 saturated heterocycles. The number of carbonyl (C=O) groups excluding carboxylic acids is 1. The number of halogens is 3. The molecule has 178 valence electrons. The lowest BCUT2D eigenvalue weighted by Gasteiger charge is -2.32. The van der Waals surface area contributed by atoms with E-state index in [1.165, 1.54) is 16.4 Å². The molecule has 0 radical (unpaired) electrons. The van der Waals surface area contributed by atoms with E-state index in [1.54, 1.807) is 6.07 Å². The Balaban J connectivity index is 1.42. The third-order valence-corrected chi connectivity index (χ3v) is 8.16. The third kappa shape index (κ3) is 5.16. The lowest BCUT2D eigenvalue weighted by Crippen LogP contribution is -2.41. The average Bonchev–Trinajstić information content (AvgIpc) is 2.81. The van der Waals surface area contributed by atoms with Gasteiger partial charge in [-0.15, -0.1) is 0 Å². The second-order valence-corrected chi connectivity index (χ2v) is 10.4. The fourth-order valence-corrected chi connectivity index (χ4v) is 5.88. The third-order valence-electron chi connectivity index (χ3n) is 6.27. The summed E-state index contributed by atoms with van der Waals surface area (Å²) in [4.78, 5) is 14.7. The normalized spacial score (nSPS) is 18.3. The maximum absolute atomic E-state index is 13.9. The summed E-state index contributed by atoms with van der Waals surface area (Å²) in [6.45, 7) is 1.83. The highest BCUT2D eigenvalue weighted by Crippen LogP contribution is 2.31. The van der Waals surface area contributed by atoms with E-state index in [0.717, 1.165) is 50.2 Å². The van der Waals surface area contributed by atoms with Crippen molar-refractivity contribution in [2.75, 3.05) is 36.4 Å². The van der Waals surface area contributed by atoms with Crippen molar-refractivity contribution in [1.29, 1.82) is 0 Å². The van der Waals surface area contributed by atoms with Crippen LogP contribution in [0.1, 0.15) is 32.1 Å². The number of anilines is 2. The minimum atomic E-state index is -4.00. The lowest BCUT2D eigenvalue weighted by atomic mass is 9.97. The molecule has 2 heterocycles. The summed E-state index contributed by atoms with van der Waals surface area (Å²) in [7, 11) is -4.00. The molecule has 10 heteroatoms. The number of benzene rings is 2. The minimum absolute atomic E-state index is 0.0710. The van der Waals surface area contributed by atoms with E-state index in [4.69, 9.17) is 0 Å². The highest BCUT2D eigenvalue weighted by Gasteiger charge is 2.33. The molecule has 2 fully saturated rings. The Labute approximate surface area is 191 Å². The molecule has 2 aromatic rings. The second-order valence-electron chi connectivity index (χ2n) is 8.45. The molecule has 33 heavy (non-hydrogen) atoms. The van der Waals surface area contributed by atoms with Crippen LogP contribution in [0.2, 0.25) is 0 Å². The second kappa shape index (κ2) is 9.72. The van der Waals surface area contributed by atoms with Crippen molar-refractivity contribution in [3.8, 4) is 0 Å². The van der Waals surface area contributed by atoms with Gasteiger partial charge in [0.1, 0.15) is 5.82 Å². The van der Waals surface area contributed by atoms with Crippen molar-refractivity contribution in [1.82, 2.24) is 4.31 Å². The van der Waals surface area contributed by atoms with Crippen LogP contribution in [-0.4, -0.2) is 44.8 Å². The molecule has 2 aliphatic rings. The first-order valence-corrected chi connectivity index (χ1v) is 12.5. The van der Waals surface area contributed by atoms with Gasteiger partial charge in [0.05, 0.1) is 16.3 Å². The van der Waals surface area contributed by atoms with E-state index in [1.807, 2.05) is 0 Å². The van der Waals surface area contributed by atoms with Crippen LogP contribution in [0, 0.1) is 23.4 Å². The zero-order valence-electron chi connectivity index (χ0n) is 18.1. The molecule has 0 saturated carbocycles. The van der Waals surface area contributed by atoms with Crippen molar-refractivity contribution in [3.63, 3.8) is 0 Å². The van der Waals surface area contributed by atoms with E-state index in [0.29, 0.717) is 11.8 Å². The van der Waals surface area contributed by atoms with Crippen LogP contribution in [0.3, 0.4) is 0 Å². The minimum Gasteiger partial charge on any atom is -0.370 e. The topological polar surface area (TPSA) is 69.7 Å². The highest BCUT2D eigenvalue weighted by molar-refractivity contribution is 7.89. The first-order chi connectivity index (χ1) is 15.8. The zero-order valence-corrected chi connectivity index (χ0v) is 18.9. The summed E-state index contributed by atoms with van der Waals surface area (Å²) in [5.74, 6) is -3.53. The maximum Gasteiger partial charge on any atom is 0.243 e. The number of amides is 1. The molecule has 4 rings (SSSR count). The van der Waals surface area contributed by atoms with Crippen molar-refractivity contribution in [2.24, 2.45) is 5.92 Å². The van der Waals surface area contributed by atoms with Gasteiger partial charge in [-0.05, 0) is 68.5 Å². The van der Waals surface area contributed by atoms with Gasteiger partial charge in [0.2, 0.25) is 15.9 Å². The Morgan fingerprint density at radius 2 is 1.58 bits per heavy atom. The number of piperidine rings is 2. The molecular weight excluding hydrogens is 455 g/mol. The monoisotopic (exact) mass is 481 g/mol. The van der Waals surface area contributed by atoms with Crippen molar-refractivity contribution in [3.05, 3.63) is 53.8 Å². The first-order valence-electron chi connectivity index (χ1n) is 11.1. The van der Waals surface area contributed by atoms with E-state index in [2.05, 4.69) is 10.2 Å². The number of carbonyl (C=O) groups is 1. The summed E-state index contributed by atoms with van der Waals surface area (Å²) in [5.41, 5.74) is 1.20. The number of hydrogen-bond donors (Lipinski definition) is 1. The van der Waals surface area contributed by atoms with Gasteiger partial charge in [-0.1, -0.05) is 0 Å². The fraction of sp³-hybridized carbons (Fsp3) is 0.435. The lowest BCUT2D eigenvalue weighted by molar-refractivity contribution is -0.120. The predicted molar refractivity (Wildman–Crippen MR) is 119 cm³/mol. The molecule has 2 aliphatic heterocycles. The molecule has 0 aliphatic carbocycles.